The van der Waals surface area contributed by atoms with Gasteiger partial charge in [-0.1, -0.05) is 20.8 Å². The van der Waals surface area contributed by atoms with Gasteiger partial charge in [-0.3, -0.25) is 14.4 Å². The highest BCUT2D eigenvalue weighted by Crippen LogP contribution is 2.68. The summed E-state index contributed by atoms with van der Waals surface area (Å²) in [5, 5.41) is 0. The highest BCUT2D eigenvalue weighted by Gasteiger charge is 2.64. The first-order valence-electron chi connectivity index (χ1n) is 12.9. The second kappa shape index (κ2) is 8.76. The van der Waals surface area contributed by atoms with E-state index in [1.165, 1.54) is 20.0 Å². The zero-order valence-electron chi connectivity index (χ0n) is 20.7. The summed E-state index contributed by atoms with van der Waals surface area (Å²) in [4.78, 5) is 36.2. The average Bonchev–Trinajstić information content (AvgIpc) is 3.11. The molecule has 0 unspecified atom stereocenters. The molecule has 0 radical (unpaired) electrons. The summed E-state index contributed by atoms with van der Waals surface area (Å²) < 4.78 is 11.0. The van der Waals surface area contributed by atoms with Gasteiger partial charge < -0.3 is 9.47 Å². The third kappa shape index (κ3) is 3.81. The van der Waals surface area contributed by atoms with Crippen LogP contribution in [-0.2, 0) is 23.9 Å². The molecule has 4 saturated carbocycles. The van der Waals surface area contributed by atoms with Crippen molar-refractivity contribution in [1.29, 1.82) is 0 Å². The van der Waals surface area contributed by atoms with E-state index >= 15 is 0 Å². The lowest BCUT2D eigenvalue weighted by atomic mass is 9.43. The Bertz CT molecular complexity index is 761. The molecule has 0 bridgehead atoms. The number of hydrogen-bond acceptors (Lipinski definition) is 5. The number of methoxy groups -OCH3 is 1. The summed E-state index contributed by atoms with van der Waals surface area (Å²) in [7, 11) is 1.45. The number of carbonyl (C=O) groups excluding carboxylic acids is 3. The molecule has 4 aliphatic carbocycles. The Balaban J connectivity index is 1.62. The van der Waals surface area contributed by atoms with E-state index in [1.807, 2.05) is 0 Å². The number of rotatable bonds is 5. The fraction of sp³-hybridized carbons (Fsp3) is 0.889. The van der Waals surface area contributed by atoms with Crippen LogP contribution in [-0.4, -0.2) is 30.9 Å². The predicted octanol–water partition coefficient (Wildman–Crippen LogP) is 5.35. The van der Waals surface area contributed by atoms with Crippen LogP contribution >= 0.6 is 0 Å². The molecule has 180 valence electrons. The Morgan fingerprint density at radius 3 is 2.56 bits per heavy atom. The average molecular weight is 447 g/mol. The normalized spacial score (nSPS) is 44.1. The number of ketones is 1. The molecule has 0 saturated heterocycles. The smallest absolute Gasteiger partial charge is 0.305 e. The molecule has 5 nitrogen and oxygen atoms in total. The maximum atomic E-state index is 12.2. The van der Waals surface area contributed by atoms with Gasteiger partial charge in [-0.05, 0) is 85.9 Å². The highest BCUT2D eigenvalue weighted by atomic mass is 16.5. The van der Waals surface area contributed by atoms with Crippen molar-refractivity contribution in [2.75, 3.05) is 7.11 Å². The minimum Gasteiger partial charge on any atom is -0.469 e. The summed E-state index contributed by atoms with van der Waals surface area (Å²) >= 11 is 0. The van der Waals surface area contributed by atoms with Crippen molar-refractivity contribution in [1.82, 2.24) is 0 Å². The maximum absolute atomic E-state index is 12.2. The van der Waals surface area contributed by atoms with Crippen molar-refractivity contribution in [2.45, 2.75) is 98.0 Å². The van der Waals surface area contributed by atoms with Crippen molar-refractivity contribution >= 4 is 17.7 Å². The van der Waals surface area contributed by atoms with Crippen LogP contribution in [0.25, 0.3) is 0 Å². The summed E-state index contributed by atoms with van der Waals surface area (Å²) in [6.45, 7) is 8.62. The molecule has 0 amide bonds. The first-order chi connectivity index (χ1) is 15.1. The molecule has 0 aromatic heterocycles. The topological polar surface area (TPSA) is 69.7 Å². The van der Waals surface area contributed by atoms with Crippen molar-refractivity contribution in [2.24, 2.45) is 46.3 Å². The first kappa shape index (κ1) is 23.8. The minimum atomic E-state index is -0.183. The van der Waals surface area contributed by atoms with Crippen LogP contribution in [0.1, 0.15) is 91.9 Å². The summed E-state index contributed by atoms with van der Waals surface area (Å²) in [5.41, 5.74) is 0.140. The third-order valence-electron chi connectivity index (χ3n) is 10.7. The molecule has 4 rings (SSSR count). The van der Waals surface area contributed by atoms with Gasteiger partial charge in [-0.2, -0.15) is 0 Å². The number of hydrogen-bond donors (Lipinski definition) is 0. The van der Waals surface area contributed by atoms with Crippen molar-refractivity contribution in [3.05, 3.63) is 0 Å². The Hall–Kier alpha value is -1.39. The Morgan fingerprint density at radius 2 is 1.88 bits per heavy atom. The van der Waals surface area contributed by atoms with E-state index in [0.29, 0.717) is 54.1 Å². The lowest BCUT2D eigenvalue weighted by molar-refractivity contribution is -0.193. The molecule has 0 heterocycles. The van der Waals surface area contributed by atoms with E-state index in [0.717, 1.165) is 38.5 Å². The Morgan fingerprint density at radius 1 is 1.12 bits per heavy atom. The van der Waals surface area contributed by atoms with Crippen LogP contribution in [0.2, 0.25) is 0 Å². The molecular weight excluding hydrogens is 404 g/mol. The van der Waals surface area contributed by atoms with Gasteiger partial charge in [0, 0.05) is 31.6 Å². The van der Waals surface area contributed by atoms with E-state index in [-0.39, 0.29) is 28.9 Å². The molecule has 5 heteroatoms. The van der Waals surface area contributed by atoms with E-state index in [2.05, 4.69) is 20.8 Å². The molecule has 4 aliphatic rings. The zero-order chi connectivity index (χ0) is 23.3. The molecule has 4 fully saturated rings. The second-order valence-electron chi connectivity index (χ2n) is 11.9. The summed E-state index contributed by atoms with van der Waals surface area (Å²) in [6.07, 6.45) is 9.27. The molecule has 32 heavy (non-hydrogen) atoms. The van der Waals surface area contributed by atoms with Crippen molar-refractivity contribution < 1.29 is 23.9 Å². The van der Waals surface area contributed by atoms with Crippen molar-refractivity contribution in [3.63, 3.8) is 0 Å². The van der Waals surface area contributed by atoms with Crippen LogP contribution in [0.5, 0.6) is 0 Å². The fourth-order valence-electron chi connectivity index (χ4n) is 8.97. The largest absolute Gasteiger partial charge is 0.469 e. The van der Waals surface area contributed by atoms with Crippen molar-refractivity contribution in [3.8, 4) is 0 Å². The SMILES string of the molecule is COC(=O)CC[C@H](C)[C@@H]1CC[C@@H]2[C@H]3CC[C@H]4CC(=O)CC[C@]4(C)[C@@H]3C[C@@H](OC(C)=O)[C@]21C. The highest BCUT2D eigenvalue weighted by molar-refractivity contribution is 5.79. The van der Waals surface area contributed by atoms with E-state index < -0.39 is 0 Å². The van der Waals surface area contributed by atoms with Crippen LogP contribution in [0.4, 0.5) is 0 Å². The van der Waals surface area contributed by atoms with Gasteiger partial charge in [-0.15, -0.1) is 0 Å². The Labute approximate surface area is 193 Å². The predicted molar refractivity (Wildman–Crippen MR) is 122 cm³/mol. The molecule has 0 aliphatic heterocycles. The van der Waals surface area contributed by atoms with Gasteiger partial charge in [0.05, 0.1) is 7.11 Å². The van der Waals surface area contributed by atoms with Gasteiger partial charge in [0.1, 0.15) is 11.9 Å². The number of Topliss-reactive ketones (excluding diaryl/α,β-unsaturated/α-hetero) is 1. The molecular formula is C27H42O5. The number of carbonyl (C=O) groups is 3. The summed E-state index contributed by atoms with van der Waals surface area (Å²) in [6, 6.07) is 0. The molecule has 9 atom stereocenters. The molecule has 0 spiro atoms. The van der Waals surface area contributed by atoms with E-state index in [9.17, 15) is 14.4 Å². The minimum absolute atomic E-state index is 0.0456. The number of ether oxygens (including phenoxy) is 2. The monoisotopic (exact) mass is 446 g/mol. The van der Waals surface area contributed by atoms with Gasteiger partial charge in [-0.25, -0.2) is 0 Å². The van der Waals surface area contributed by atoms with Crippen LogP contribution in [0.15, 0.2) is 0 Å². The summed E-state index contributed by atoms with van der Waals surface area (Å²) in [5.74, 6) is 3.16. The van der Waals surface area contributed by atoms with Crippen LogP contribution in [0.3, 0.4) is 0 Å². The standard InChI is InChI=1S/C27H42O5/c1-16(6-11-25(30)31-5)21-9-10-22-20-8-7-18-14-19(29)12-13-26(18,3)23(20)15-24(27(21,22)4)32-17(2)28/h16,18,20-24H,6-15H2,1-5H3/t16-,18-,20+,21-,22+,23+,24+,26-,27-/m0/s1. The maximum Gasteiger partial charge on any atom is 0.305 e. The van der Waals surface area contributed by atoms with Gasteiger partial charge in [0.2, 0.25) is 0 Å². The third-order valence-corrected chi connectivity index (χ3v) is 10.7. The van der Waals surface area contributed by atoms with E-state index in [1.54, 1.807) is 6.92 Å². The molecule has 0 aromatic rings. The van der Waals surface area contributed by atoms with Crippen LogP contribution < -0.4 is 0 Å². The lowest BCUT2D eigenvalue weighted by Crippen LogP contribution is -2.59. The number of esters is 2. The quantitative estimate of drug-likeness (QED) is 0.533. The Kier molecular flexibility index (Phi) is 6.50. The number of fused-ring (bicyclic) bond motifs is 5. The molecule has 0 N–H and O–H groups in total. The lowest BCUT2D eigenvalue weighted by Gasteiger charge is -2.62. The van der Waals surface area contributed by atoms with E-state index in [4.69, 9.17) is 9.47 Å². The van der Waals surface area contributed by atoms with Gasteiger partial charge in [0.25, 0.3) is 0 Å². The first-order valence-corrected chi connectivity index (χ1v) is 12.9. The molecule has 0 aromatic carbocycles. The van der Waals surface area contributed by atoms with Crippen LogP contribution in [0, 0.1) is 46.3 Å². The second-order valence-corrected chi connectivity index (χ2v) is 11.9. The zero-order valence-corrected chi connectivity index (χ0v) is 20.7. The fourth-order valence-corrected chi connectivity index (χ4v) is 8.97. The van der Waals surface area contributed by atoms with Gasteiger partial charge >= 0.3 is 11.9 Å². The van der Waals surface area contributed by atoms with Gasteiger partial charge in [0.15, 0.2) is 0 Å².